The Labute approximate surface area is 142 Å². The first-order valence-corrected chi connectivity index (χ1v) is 8.36. The van der Waals surface area contributed by atoms with E-state index < -0.39 is 5.60 Å². The van der Waals surface area contributed by atoms with Crippen molar-refractivity contribution >= 4 is 5.91 Å². The van der Waals surface area contributed by atoms with Gasteiger partial charge in [-0.3, -0.25) is 4.79 Å². The zero-order valence-corrected chi connectivity index (χ0v) is 13.7. The molecule has 1 amide bonds. The van der Waals surface area contributed by atoms with E-state index in [1.807, 2.05) is 60.7 Å². The number of aliphatic hydroxyl groups is 1. The summed E-state index contributed by atoms with van der Waals surface area (Å²) in [5, 5.41) is 13.5. The van der Waals surface area contributed by atoms with Crippen LogP contribution in [0.2, 0.25) is 0 Å². The lowest BCUT2D eigenvalue weighted by Crippen LogP contribution is -2.47. The fourth-order valence-corrected chi connectivity index (χ4v) is 3.07. The van der Waals surface area contributed by atoms with Crippen LogP contribution < -0.4 is 5.32 Å². The molecule has 24 heavy (non-hydrogen) atoms. The third-order valence-electron chi connectivity index (χ3n) is 4.54. The van der Waals surface area contributed by atoms with Crippen LogP contribution in [0, 0.1) is 0 Å². The number of rotatable bonds is 5. The van der Waals surface area contributed by atoms with Crippen molar-refractivity contribution in [2.45, 2.75) is 24.4 Å². The Kier molecular flexibility index (Phi) is 5.28. The van der Waals surface area contributed by atoms with E-state index in [-0.39, 0.29) is 18.4 Å². The zero-order chi connectivity index (χ0) is 16.8. The fourth-order valence-electron chi connectivity index (χ4n) is 3.07. The first kappa shape index (κ1) is 16.7. The molecule has 4 nitrogen and oxygen atoms in total. The van der Waals surface area contributed by atoms with Crippen molar-refractivity contribution in [1.82, 2.24) is 5.32 Å². The lowest BCUT2D eigenvalue weighted by molar-refractivity contribution is -0.124. The maximum Gasteiger partial charge on any atom is 0.232 e. The Bertz CT molecular complexity index is 612. The molecule has 1 saturated heterocycles. The molecule has 0 unspecified atom stereocenters. The molecule has 0 bridgehead atoms. The van der Waals surface area contributed by atoms with E-state index in [1.54, 1.807) is 0 Å². The minimum atomic E-state index is -0.869. The smallest absolute Gasteiger partial charge is 0.232 e. The Balaban J connectivity index is 1.77. The molecule has 4 heteroatoms. The number of ether oxygens (including phenoxy) is 1. The number of hydrogen-bond donors (Lipinski definition) is 2. The Morgan fingerprint density at radius 2 is 1.50 bits per heavy atom. The predicted octanol–water partition coefficient (Wildman–Crippen LogP) is 2.48. The van der Waals surface area contributed by atoms with Crippen molar-refractivity contribution in [1.29, 1.82) is 0 Å². The van der Waals surface area contributed by atoms with Crippen molar-refractivity contribution in [2.24, 2.45) is 0 Å². The molecule has 1 heterocycles. The number of nitrogens with one attached hydrogen (secondary N) is 1. The maximum absolute atomic E-state index is 12.9. The van der Waals surface area contributed by atoms with Crippen molar-refractivity contribution in [3.63, 3.8) is 0 Å². The highest BCUT2D eigenvalue weighted by Gasteiger charge is 2.31. The minimum absolute atomic E-state index is 0.0904. The molecular formula is C20H23NO3. The number of carbonyl (C=O) groups is 1. The summed E-state index contributed by atoms with van der Waals surface area (Å²) in [5.74, 6) is -0.469. The molecule has 1 aliphatic rings. The second-order valence-corrected chi connectivity index (χ2v) is 6.31. The van der Waals surface area contributed by atoms with Gasteiger partial charge in [0.05, 0.1) is 11.5 Å². The molecular weight excluding hydrogens is 302 g/mol. The summed E-state index contributed by atoms with van der Waals surface area (Å²) in [6, 6.07) is 19.5. The van der Waals surface area contributed by atoms with Crippen LogP contribution in [-0.4, -0.2) is 36.4 Å². The van der Waals surface area contributed by atoms with E-state index in [4.69, 9.17) is 4.74 Å². The van der Waals surface area contributed by atoms with Crippen molar-refractivity contribution < 1.29 is 14.6 Å². The van der Waals surface area contributed by atoms with E-state index in [0.29, 0.717) is 26.1 Å². The van der Waals surface area contributed by atoms with Gasteiger partial charge in [0.25, 0.3) is 0 Å². The molecule has 1 aliphatic heterocycles. The molecule has 2 aromatic rings. The van der Waals surface area contributed by atoms with Crippen molar-refractivity contribution in [2.75, 3.05) is 19.8 Å². The molecule has 0 spiro atoms. The lowest BCUT2D eigenvalue weighted by atomic mass is 9.89. The Morgan fingerprint density at radius 1 is 1.00 bits per heavy atom. The summed E-state index contributed by atoms with van der Waals surface area (Å²) < 4.78 is 5.29. The van der Waals surface area contributed by atoms with E-state index >= 15 is 0 Å². The number of benzene rings is 2. The summed E-state index contributed by atoms with van der Waals surface area (Å²) in [6.45, 7) is 1.33. The molecule has 0 atom stereocenters. The van der Waals surface area contributed by atoms with Gasteiger partial charge in [0.15, 0.2) is 0 Å². The summed E-state index contributed by atoms with van der Waals surface area (Å²) in [7, 11) is 0. The summed E-state index contributed by atoms with van der Waals surface area (Å²) in [4.78, 5) is 12.9. The van der Waals surface area contributed by atoms with Crippen LogP contribution in [0.25, 0.3) is 0 Å². The lowest BCUT2D eigenvalue weighted by Gasteiger charge is -2.32. The van der Waals surface area contributed by atoms with Gasteiger partial charge >= 0.3 is 0 Å². The molecule has 0 aliphatic carbocycles. The number of amides is 1. The first-order valence-electron chi connectivity index (χ1n) is 8.36. The zero-order valence-electron chi connectivity index (χ0n) is 13.7. The van der Waals surface area contributed by atoms with Crippen LogP contribution in [0.15, 0.2) is 60.7 Å². The molecule has 0 saturated carbocycles. The van der Waals surface area contributed by atoms with Gasteiger partial charge in [-0.15, -0.1) is 0 Å². The highest BCUT2D eigenvalue weighted by Crippen LogP contribution is 2.25. The van der Waals surface area contributed by atoms with Crippen molar-refractivity contribution in [3.05, 3.63) is 71.8 Å². The molecule has 3 rings (SSSR count). The van der Waals surface area contributed by atoms with Crippen molar-refractivity contribution in [3.8, 4) is 0 Å². The summed E-state index contributed by atoms with van der Waals surface area (Å²) in [6.07, 6.45) is 1.10. The first-order chi connectivity index (χ1) is 11.7. The highest BCUT2D eigenvalue weighted by atomic mass is 16.5. The topological polar surface area (TPSA) is 58.6 Å². The summed E-state index contributed by atoms with van der Waals surface area (Å²) in [5.41, 5.74) is 1.02. The van der Waals surface area contributed by atoms with Crippen LogP contribution in [-0.2, 0) is 9.53 Å². The molecule has 1 fully saturated rings. The van der Waals surface area contributed by atoms with E-state index in [2.05, 4.69) is 5.32 Å². The third kappa shape index (κ3) is 4.02. The van der Waals surface area contributed by atoms with Crippen LogP contribution in [0.3, 0.4) is 0 Å². The minimum Gasteiger partial charge on any atom is -0.388 e. The van der Waals surface area contributed by atoms with Crippen LogP contribution in [0.1, 0.15) is 29.9 Å². The molecule has 2 aromatic carbocycles. The molecule has 0 aromatic heterocycles. The van der Waals surface area contributed by atoms with Crippen LogP contribution in [0.5, 0.6) is 0 Å². The Morgan fingerprint density at radius 3 is 2.00 bits per heavy atom. The average Bonchev–Trinajstić information content (AvgIpc) is 2.63. The highest BCUT2D eigenvalue weighted by molar-refractivity contribution is 5.87. The monoisotopic (exact) mass is 325 g/mol. The van der Waals surface area contributed by atoms with Gasteiger partial charge < -0.3 is 15.2 Å². The van der Waals surface area contributed by atoms with E-state index in [1.165, 1.54) is 0 Å². The van der Waals surface area contributed by atoms with Gasteiger partial charge in [0.1, 0.15) is 0 Å². The number of carbonyl (C=O) groups excluding carboxylic acids is 1. The normalized spacial score (nSPS) is 16.8. The fraction of sp³-hybridized carbons (Fsp3) is 0.350. The van der Waals surface area contributed by atoms with E-state index in [0.717, 1.165) is 11.1 Å². The second-order valence-electron chi connectivity index (χ2n) is 6.31. The standard InChI is InChI=1S/C20H23NO3/c22-19(21-15-20(23)11-13-24-14-12-20)18(16-7-3-1-4-8-16)17-9-5-2-6-10-17/h1-10,18,23H,11-15H2,(H,21,22). The van der Waals surface area contributed by atoms with Gasteiger partial charge in [0.2, 0.25) is 5.91 Å². The molecule has 2 N–H and O–H groups in total. The maximum atomic E-state index is 12.9. The second kappa shape index (κ2) is 7.60. The van der Waals surface area contributed by atoms with E-state index in [9.17, 15) is 9.90 Å². The van der Waals surface area contributed by atoms with Gasteiger partial charge in [-0.25, -0.2) is 0 Å². The Hall–Kier alpha value is -2.17. The molecule has 126 valence electrons. The van der Waals surface area contributed by atoms with Gasteiger partial charge in [-0.1, -0.05) is 60.7 Å². The SMILES string of the molecule is O=C(NCC1(O)CCOCC1)C(c1ccccc1)c1ccccc1. The number of hydrogen-bond acceptors (Lipinski definition) is 3. The summed E-state index contributed by atoms with van der Waals surface area (Å²) >= 11 is 0. The largest absolute Gasteiger partial charge is 0.388 e. The van der Waals surface area contributed by atoms with Gasteiger partial charge in [-0.2, -0.15) is 0 Å². The van der Waals surface area contributed by atoms with Crippen LogP contribution >= 0.6 is 0 Å². The van der Waals surface area contributed by atoms with Gasteiger partial charge in [0, 0.05) is 32.6 Å². The third-order valence-corrected chi connectivity index (χ3v) is 4.54. The van der Waals surface area contributed by atoms with Gasteiger partial charge in [-0.05, 0) is 11.1 Å². The van der Waals surface area contributed by atoms with Crippen LogP contribution in [0.4, 0.5) is 0 Å². The molecule has 0 radical (unpaired) electrons. The predicted molar refractivity (Wildman–Crippen MR) is 92.7 cm³/mol. The average molecular weight is 325 g/mol. The quantitative estimate of drug-likeness (QED) is 0.888.